The first kappa shape index (κ1) is 15.8. The molecule has 0 aliphatic carbocycles. The molecule has 0 spiro atoms. The minimum atomic E-state index is -0.299. The number of fused-ring (bicyclic) bond motifs is 1. The maximum atomic E-state index is 11.8. The van der Waals surface area contributed by atoms with Crippen LogP contribution in [0.25, 0.3) is 11.0 Å². The summed E-state index contributed by atoms with van der Waals surface area (Å²) in [5.41, 5.74) is 2.91. The van der Waals surface area contributed by atoms with Crippen molar-refractivity contribution in [1.29, 1.82) is 0 Å². The molecule has 3 nitrogen and oxygen atoms in total. The number of thiophene rings is 1. The summed E-state index contributed by atoms with van der Waals surface area (Å²) in [6.07, 6.45) is 0. The molecule has 0 saturated heterocycles. The zero-order valence-corrected chi connectivity index (χ0v) is 15.9. The molecule has 114 valence electrons. The van der Waals surface area contributed by atoms with Gasteiger partial charge in [0.25, 0.3) is 0 Å². The summed E-state index contributed by atoms with van der Waals surface area (Å²) in [7, 11) is 0. The molecule has 0 bridgehead atoms. The smallest absolute Gasteiger partial charge is 0.339 e. The Morgan fingerprint density at radius 2 is 2.00 bits per heavy atom. The normalized spacial score (nSPS) is 11.1. The van der Waals surface area contributed by atoms with Crippen molar-refractivity contribution in [3.63, 3.8) is 0 Å². The number of halogens is 2. The number of ether oxygens (including phenoxy) is 1. The van der Waals surface area contributed by atoms with Gasteiger partial charge in [0.05, 0.1) is 3.79 Å². The molecule has 3 rings (SSSR count). The van der Waals surface area contributed by atoms with Gasteiger partial charge in [0.1, 0.15) is 17.9 Å². The van der Waals surface area contributed by atoms with Crippen LogP contribution >= 0.6 is 43.2 Å². The number of hydrogen-bond donors (Lipinski definition) is 0. The van der Waals surface area contributed by atoms with Crippen LogP contribution < -0.4 is 10.4 Å². The van der Waals surface area contributed by atoms with Crippen molar-refractivity contribution in [2.75, 3.05) is 0 Å². The number of rotatable bonds is 3. The average molecular weight is 444 g/mol. The van der Waals surface area contributed by atoms with Crippen LogP contribution in [0.4, 0.5) is 0 Å². The average Bonchev–Trinajstić information content (AvgIpc) is 2.82. The van der Waals surface area contributed by atoms with Crippen LogP contribution in [0.2, 0.25) is 0 Å². The van der Waals surface area contributed by atoms with Gasteiger partial charge >= 0.3 is 5.63 Å². The van der Waals surface area contributed by atoms with Crippen LogP contribution in [0.1, 0.15) is 16.7 Å². The summed E-state index contributed by atoms with van der Waals surface area (Å²) < 4.78 is 13.2. The van der Waals surface area contributed by atoms with Gasteiger partial charge < -0.3 is 9.15 Å². The SMILES string of the molecule is Cc1c(C)c2ccc(OCc3csc(Br)c3Br)cc2oc1=O. The molecule has 0 fully saturated rings. The fourth-order valence-electron chi connectivity index (χ4n) is 2.13. The monoisotopic (exact) mass is 442 g/mol. The number of hydrogen-bond acceptors (Lipinski definition) is 4. The van der Waals surface area contributed by atoms with E-state index in [0.29, 0.717) is 23.5 Å². The van der Waals surface area contributed by atoms with Crippen molar-refractivity contribution in [2.45, 2.75) is 20.5 Å². The molecule has 0 N–H and O–H groups in total. The minimum absolute atomic E-state index is 0.299. The van der Waals surface area contributed by atoms with E-state index in [4.69, 9.17) is 9.15 Å². The van der Waals surface area contributed by atoms with Gasteiger partial charge in [0.2, 0.25) is 0 Å². The van der Waals surface area contributed by atoms with E-state index < -0.39 is 0 Å². The van der Waals surface area contributed by atoms with Crippen LogP contribution in [0.5, 0.6) is 5.75 Å². The van der Waals surface area contributed by atoms with Gasteiger partial charge in [-0.2, -0.15) is 0 Å². The lowest BCUT2D eigenvalue weighted by Crippen LogP contribution is -2.05. The van der Waals surface area contributed by atoms with E-state index in [2.05, 4.69) is 31.9 Å². The molecule has 0 aliphatic rings. The van der Waals surface area contributed by atoms with Crippen molar-refractivity contribution < 1.29 is 9.15 Å². The second-order valence-corrected chi connectivity index (χ2v) is 7.93. The van der Waals surface area contributed by atoms with E-state index in [1.807, 2.05) is 24.4 Å². The predicted molar refractivity (Wildman–Crippen MR) is 96.0 cm³/mol. The molecular formula is C16H12Br2O3S. The van der Waals surface area contributed by atoms with Crippen molar-refractivity contribution >= 4 is 54.2 Å². The first-order chi connectivity index (χ1) is 10.5. The van der Waals surface area contributed by atoms with Crippen LogP contribution in [0.3, 0.4) is 0 Å². The molecular weight excluding hydrogens is 432 g/mol. The Morgan fingerprint density at radius 1 is 1.23 bits per heavy atom. The van der Waals surface area contributed by atoms with Crippen molar-refractivity contribution in [3.05, 3.63) is 58.9 Å². The summed E-state index contributed by atoms with van der Waals surface area (Å²) in [6.45, 7) is 4.15. The molecule has 2 aromatic heterocycles. The molecule has 6 heteroatoms. The van der Waals surface area contributed by atoms with Gasteiger partial charge in [-0.15, -0.1) is 11.3 Å². The first-order valence-electron chi connectivity index (χ1n) is 6.55. The lowest BCUT2D eigenvalue weighted by Gasteiger charge is -2.08. The summed E-state index contributed by atoms with van der Waals surface area (Å²) in [6, 6.07) is 5.58. The molecule has 0 amide bonds. The lowest BCUT2D eigenvalue weighted by atomic mass is 10.1. The highest BCUT2D eigenvalue weighted by molar-refractivity contribution is 9.13. The zero-order chi connectivity index (χ0) is 15.9. The van der Waals surface area contributed by atoms with Gasteiger partial charge in [-0.25, -0.2) is 4.79 Å². The lowest BCUT2D eigenvalue weighted by molar-refractivity contribution is 0.306. The standard InChI is InChI=1S/C16H12Br2O3S/c1-8-9(2)16(19)21-13-5-11(3-4-12(8)13)20-6-10-7-22-15(18)14(10)17/h3-5,7H,6H2,1-2H3. The highest BCUT2D eigenvalue weighted by Gasteiger charge is 2.10. The fraction of sp³-hybridized carbons (Fsp3) is 0.188. The van der Waals surface area contributed by atoms with E-state index in [1.54, 1.807) is 24.3 Å². The molecule has 0 radical (unpaired) electrons. The highest BCUT2D eigenvalue weighted by atomic mass is 79.9. The van der Waals surface area contributed by atoms with Crippen LogP contribution in [-0.2, 0) is 6.61 Å². The second kappa shape index (κ2) is 6.18. The Balaban J connectivity index is 1.91. The molecule has 2 heterocycles. The Labute approximate surface area is 148 Å². The van der Waals surface area contributed by atoms with Crippen LogP contribution in [0.15, 0.2) is 41.0 Å². The quantitative estimate of drug-likeness (QED) is 0.496. The maximum absolute atomic E-state index is 11.8. The third-order valence-corrected chi connectivity index (χ3v) is 7.05. The van der Waals surface area contributed by atoms with Crippen molar-refractivity contribution in [3.8, 4) is 5.75 Å². The van der Waals surface area contributed by atoms with Crippen molar-refractivity contribution in [1.82, 2.24) is 0 Å². The van der Waals surface area contributed by atoms with E-state index in [0.717, 1.165) is 24.8 Å². The first-order valence-corrected chi connectivity index (χ1v) is 9.02. The third kappa shape index (κ3) is 2.87. The van der Waals surface area contributed by atoms with Crippen LogP contribution in [0, 0.1) is 13.8 Å². The third-order valence-electron chi connectivity index (χ3n) is 3.58. The minimum Gasteiger partial charge on any atom is -0.489 e. The number of benzene rings is 1. The largest absolute Gasteiger partial charge is 0.489 e. The number of aryl methyl sites for hydroxylation is 1. The topological polar surface area (TPSA) is 39.4 Å². The Morgan fingerprint density at radius 3 is 2.68 bits per heavy atom. The summed E-state index contributed by atoms with van der Waals surface area (Å²) >= 11 is 8.58. The van der Waals surface area contributed by atoms with Gasteiger partial charge in [-0.05, 0) is 68.8 Å². The van der Waals surface area contributed by atoms with Gasteiger partial charge in [-0.1, -0.05) is 0 Å². The molecule has 0 aliphatic heterocycles. The molecule has 22 heavy (non-hydrogen) atoms. The molecule has 3 aromatic rings. The van der Waals surface area contributed by atoms with Gasteiger partial charge in [-0.3, -0.25) is 0 Å². The van der Waals surface area contributed by atoms with E-state index in [9.17, 15) is 4.79 Å². The van der Waals surface area contributed by atoms with Gasteiger partial charge in [0.15, 0.2) is 0 Å². The van der Waals surface area contributed by atoms with E-state index >= 15 is 0 Å². The molecule has 0 atom stereocenters. The molecule has 0 saturated carbocycles. The van der Waals surface area contributed by atoms with E-state index in [-0.39, 0.29) is 5.63 Å². The fourth-order valence-corrected chi connectivity index (χ4v) is 3.99. The maximum Gasteiger partial charge on any atom is 0.339 e. The summed E-state index contributed by atoms with van der Waals surface area (Å²) in [4.78, 5) is 11.8. The van der Waals surface area contributed by atoms with Crippen molar-refractivity contribution in [2.24, 2.45) is 0 Å². The Kier molecular flexibility index (Phi) is 4.43. The Bertz CT molecular complexity index is 912. The summed E-state index contributed by atoms with van der Waals surface area (Å²) in [5.74, 6) is 0.674. The Hall–Kier alpha value is -1.11. The van der Waals surface area contributed by atoms with Crippen LogP contribution in [-0.4, -0.2) is 0 Å². The predicted octanol–water partition coefficient (Wildman–Crippen LogP) is 5.58. The summed E-state index contributed by atoms with van der Waals surface area (Å²) in [5, 5.41) is 2.96. The second-order valence-electron chi connectivity index (χ2n) is 4.93. The van der Waals surface area contributed by atoms with E-state index in [1.165, 1.54) is 0 Å². The van der Waals surface area contributed by atoms with Gasteiger partial charge in [0, 0.05) is 27.1 Å². The zero-order valence-electron chi connectivity index (χ0n) is 11.9. The molecule has 1 aromatic carbocycles. The molecule has 0 unspecified atom stereocenters. The highest BCUT2D eigenvalue weighted by Crippen LogP contribution is 2.34.